The number of benzene rings is 1. The van der Waals surface area contributed by atoms with E-state index in [0.717, 1.165) is 11.3 Å². The fraction of sp³-hybridized carbons (Fsp3) is 0.300. The van der Waals surface area contributed by atoms with E-state index in [1.165, 1.54) is 0 Å². The predicted octanol–water partition coefficient (Wildman–Crippen LogP) is 0.793. The summed E-state index contributed by atoms with van der Waals surface area (Å²) in [4.78, 5) is 10.6. The van der Waals surface area contributed by atoms with Gasteiger partial charge in [-0.15, -0.1) is 0 Å². The molecule has 0 amide bonds. The van der Waals surface area contributed by atoms with E-state index in [9.17, 15) is 4.79 Å². The molecule has 0 saturated carbocycles. The van der Waals surface area contributed by atoms with Crippen LogP contribution in [0, 0.1) is 0 Å². The van der Waals surface area contributed by atoms with Gasteiger partial charge in [0.15, 0.2) is 0 Å². The second-order valence-electron chi connectivity index (χ2n) is 3.23. The SMILES string of the molecule is COc1ccc(C2N[C@H]2C(=O)O)cc1. The van der Waals surface area contributed by atoms with E-state index in [2.05, 4.69) is 5.32 Å². The Balaban J connectivity index is 2.08. The second kappa shape index (κ2) is 3.31. The quantitative estimate of drug-likeness (QED) is 0.696. The van der Waals surface area contributed by atoms with Gasteiger partial charge in [0.1, 0.15) is 11.8 Å². The number of rotatable bonds is 3. The monoisotopic (exact) mass is 193 g/mol. The summed E-state index contributed by atoms with van der Waals surface area (Å²) >= 11 is 0. The molecule has 74 valence electrons. The fourth-order valence-corrected chi connectivity index (χ4v) is 1.45. The smallest absolute Gasteiger partial charge is 0.322 e. The summed E-state index contributed by atoms with van der Waals surface area (Å²) in [5, 5.41) is 11.6. The third-order valence-corrected chi connectivity index (χ3v) is 2.32. The van der Waals surface area contributed by atoms with Gasteiger partial charge in [0, 0.05) is 0 Å². The zero-order valence-electron chi connectivity index (χ0n) is 7.73. The van der Waals surface area contributed by atoms with Crippen molar-refractivity contribution in [2.45, 2.75) is 12.1 Å². The number of carbonyl (C=O) groups is 1. The minimum atomic E-state index is -0.800. The van der Waals surface area contributed by atoms with E-state index < -0.39 is 12.0 Å². The first-order chi connectivity index (χ1) is 6.72. The molecule has 1 unspecified atom stereocenters. The van der Waals surface area contributed by atoms with Crippen LogP contribution in [0.3, 0.4) is 0 Å². The van der Waals surface area contributed by atoms with Gasteiger partial charge in [-0.25, -0.2) is 0 Å². The molecule has 1 aliphatic heterocycles. The Morgan fingerprint density at radius 3 is 2.50 bits per heavy atom. The van der Waals surface area contributed by atoms with Crippen molar-refractivity contribution in [3.8, 4) is 5.75 Å². The van der Waals surface area contributed by atoms with Gasteiger partial charge >= 0.3 is 5.97 Å². The Kier molecular flexibility index (Phi) is 2.13. The van der Waals surface area contributed by atoms with Gasteiger partial charge in [-0.2, -0.15) is 0 Å². The minimum absolute atomic E-state index is 0.0431. The van der Waals surface area contributed by atoms with E-state index in [4.69, 9.17) is 9.84 Å². The minimum Gasteiger partial charge on any atom is -0.497 e. The van der Waals surface area contributed by atoms with E-state index in [1.807, 2.05) is 24.3 Å². The highest BCUT2D eigenvalue weighted by molar-refractivity contribution is 5.78. The van der Waals surface area contributed by atoms with Gasteiger partial charge in [0.25, 0.3) is 0 Å². The maximum atomic E-state index is 10.6. The van der Waals surface area contributed by atoms with Gasteiger partial charge < -0.3 is 9.84 Å². The lowest BCUT2D eigenvalue weighted by Crippen LogP contribution is -2.07. The van der Waals surface area contributed by atoms with Crippen molar-refractivity contribution in [1.29, 1.82) is 0 Å². The van der Waals surface area contributed by atoms with Crippen LogP contribution < -0.4 is 10.1 Å². The van der Waals surface area contributed by atoms with Crippen LogP contribution in [-0.2, 0) is 4.79 Å². The van der Waals surface area contributed by atoms with Crippen molar-refractivity contribution in [2.75, 3.05) is 7.11 Å². The number of carboxylic acids is 1. The van der Waals surface area contributed by atoms with Gasteiger partial charge in [0.05, 0.1) is 13.2 Å². The third-order valence-electron chi connectivity index (χ3n) is 2.32. The standard InChI is InChI=1S/C10H11NO3/c1-14-7-4-2-6(3-5-7)8-9(11-8)10(12)13/h2-5,8-9,11H,1H3,(H,12,13)/t8?,9-/m1/s1. The molecule has 1 aliphatic rings. The second-order valence-corrected chi connectivity index (χ2v) is 3.23. The first-order valence-electron chi connectivity index (χ1n) is 4.35. The number of hydrogen-bond acceptors (Lipinski definition) is 3. The molecule has 1 heterocycles. The topological polar surface area (TPSA) is 68.5 Å². The number of methoxy groups -OCH3 is 1. The van der Waals surface area contributed by atoms with Crippen LogP contribution in [0.15, 0.2) is 24.3 Å². The maximum absolute atomic E-state index is 10.6. The number of ether oxygens (including phenoxy) is 1. The summed E-state index contributed by atoms with van der Waals surface area (Å²) in [5.74, 6) is -0.0212. The fourth-order valence-electron chi connectivity index (χ4n) is 1.45. The highest BCUT2D eigenvalue weighted by Gasteiger charge is 2.43. The van der Waals surface area contributed by atoms with Crippen LogP contribution in [0.5, 0.6) is 5.75 Å². The van der Waals surface area contributed by atoms with E-state index >= 15 is 0 Å². The highest BCUT2D eigenvalue weighted by atomic mass is 16.5. The first kappa shape index (κ1) is 9.02. The number of aliphatic carboxylic acids is 1. The highest BCUT2D eigenvalue weighted by Crippen LogP contribution is 2.30. The normalized spacial score (nSPS) is 24.4. The summed E-state index contributed by atoms with van der Waals surface area (Å²) in [5.41, 5.74) is 0.984. The Labute approximate surface area is 81.5 Å². The summed E-state index contributed by atoms with van der Waals surface area (Å²) in [7, 11) is 1.60. The molecule has 4 heteroatoms. The Morgan fingerprint density at radius 1 is 1.43 bits per heavy atom. The van der Waals surface area contributed by atoms with Crippen LogP contribution in [0.1, 0.15) is 11.6 Å². The molecule has 4 nitrogen and oxygen atoms in total. The number of hydrogen-bond donors (Lipinski definition) is 2. The van der Waals surface area contributed by atoms with Gasteiger partial charge in [-0.05, 0) is 17.7 Å². The number of nitrogens with one attached hydrogen (secondary N) is 1. The molecule has 0 spiro atoms. The average molecular weight is 193 g/mol. The maximum Gasteiger partial charge on any atom is 0.322 e. The molecule has 14 heavy (non-hydrogen) atoms. The van der Waals surface area contributed by atoms with E-state index in [1.54, 1.807) is 7.11 Å². The molecular formula is C10H11NO3. The average Bonchev–Trinajstić information content (AvgIpc) is 2.97. The molecule has 2 rings (SSSR count). The molecule has 0 radical (unpaired) electrons. The lowest BCUT2D eigenvalue weighted by Gasteiger charge is -2.00. The van der Waals surface area contributed by atoms with Crippen LogP contribution in [0.25, 0.3) is 0 Å². The molecule has 0 bridgehead atoms. The van der Waals surface area contributed by atoms with Crippen molar-refractivity contribution in [1.82, 2.24) is 5.32 Å². The zero-order chi connectivity index (χ0) is 10.1. The zero-order valence-corrected chi connectivity index (χ0v) is 7.73. The summed E-state index contributed by atoms with van der Waals surface area (Å²) < 4.78 is 5.01. The third kappa shape index (κ3) is 1.56. The lowest BCUT2D eigenvalue weighted by atomic mass is 10.1. The molecule has 0 aliphatic carbocycles. The Hall–Kier alpha value is -1.55. The van der Waals surface area contributed by atoms with Crippen LogP contribution in [0.4, 0.5) is 0 Å². The molecule has 1 aromatic rings. The summed E-state index contributed by atoms with van der Waals surface area (Å²) in [6.45, 7) is 0. The van der Waals surface area contributed by atoms with Gasteiger partial charge in [-0.3, -0.25) is 10.1 Å². The Bertz CT molecular complexity index is 347. The van der Waals surface area contributed by atoms with Crippen LogP contribution in [-0.4, -0.2) is 24.2 Å². The van der Waals surface area contributed by atoms with Crippen molar-refractivity contribution >= 4 is 5.97 Å². The van der Waals surface area contributed by atoms with E-state index in [-0.39, 0.29) is 6.04 Å². The molecule has 2 atom stereocenters. The molecular weight excluding hydrogens is 182 g/mol. The largest absolute Gasteiger partial charge is 0.497 e. The van der Waals surface area contributed by atoms with Crippen molar-refractivity contribution in [3.05, 3.63) is 29.8 Å². The summed E-state index contributed by atoms with van der Waals surface area (Å²) in [6.07, 6.45) is 0. The number of carboxylic acid groups (broad SMARTS) is 1. The molecule has 1 saturated heterocycles. The molecule has 1 fully saturated rings. The van der Waals surface area contributed by atoms with Gasteiger partial charge in [-0.1, -0.05) is 12.1 Å². The molecule has 2 N–H and O–H groups in total. The van der Waals surface area contributed by atoms with E-state index in [0.29, 0.717) is 0 Å². The van der Waals surface area contributed by atoms with Gasteiger partial charge in [0.2, 0.25) is 0 Å². The Morgan fingerprint density at radius 2 is 2.07 bits per heavy atom. The van der Waals surface area contributed by atoms with Crippen LogP contribution in [0.2, 0.25) is 0 Å². The van der Waals surface area contributed by atoms with Crippen molar-refractivity contribution in [2.24, 2.45) is 0 Å². The lowest BCUT2D eigenvalue weighted by molar-refractivity contribution is -0.136. The van der Waals surface area contributed by atoms with Crippen molar-refractivity contribution < 1.29 is 14.6 Å². The van der Waals surface area contributed by atoms with Crippen molar-refractivity contribution in [3.63, 3.8) is 0 Å². The van der Waals surface area contributed by atoms with Crippen LogP contribution >= 0.6 is 0 Å². The predicted molar refractivity (Wildman–Crippen MR) is 50.3 cm³/mol. The summed E-state index contributed by atoms with van der Waals surface area (Å²) in [6, 6.07) is 6.93. The first-order valence-corrected chi connectivity index (χ1v) is 4.35. The molecule has 1 aromatic carbocycles. The molecule has 0 aromatic heterocycles.